The Bertz CT molecular complexity index is 576. The van der Waals surface area contributed by atoms with Gasteiger partial charge in [0.2, 0.25) is 0 Å². The van der Waals surface area contributed by atoms with Crippen molar-refractivity contribution >= 4 is 5.97 Å². The Hall–Kier alpha value is -2.17. The lowest BCUT2D eigenvalue weighted by Gasteiger charge is -2.17. The number of hydrogen-bond donors (Lipinski definition) is 1. The molecule has 0 amide bonds. The van der Waals surface area contributed by atoms with Gasteiger partial charge in [0.05, 0.1) is 11.7 Å². The summed E-state index contributed by atoms with van der Waals surface area (Å²) in [5, 5.41) is 17.0. The molecule has 19 heavy (non-hydrogen) atoms. The fourth-order valence-corrected chi connectivity index (χ4v) is 2.15. The molecule has 1 atom stereocenters. The first-order valence-corrected chi connectivity index (χ1v) is 6.25. The van der Waals surface area contributed by atoms with E-state index in [1.165, 1.54) is 0 Å². The van der Waals surface area contributed by atoms with E-state index in [0.717, 1.165) is 5.56 Å². The lowest BCUT2D eigenvalue weighted by molar-refractivity contribution is 0.0688. The van der Waals surface area contributed by atoms with Crippen molar-refractivity contribution in [2.24, 2.45) is 0 Å². The highest BCUT2D eigenvalue weighted by molar-refractivity contribution is 5.86. The first kappa shape index (κ1) is 13.3. The summed E-state index contributed by atoms with van der Waals surface area (Å²) in [6, 6.07) is 9.81. The van der Waals surface area contributed by atoms with E-state index in [1.807, 2.05) is 51.1 Å². The smallest absolute Gasteiger partial charge is 0.358 e. The Labute approximate surface area is 111 Å². The van der Waals surface area contributed by atoms with Gasteiger partial charge in [0.1, 0.15) is 0 Å². The van der Waals surface area contributed by atoms with E-state index in [4.69, 9.17) is 5.11 Å². The molecule has 5 heteroatoms. The van der Waals surface area contributed by atoms with E-state index >= 15 is 0 Å². The fraction of sp³-hybridized carbons (Fsp3) is 0.357. The number of hydrogen-bond acceptors (Lipinski definition) is 3. The number of aromatic carboxylic acids is 1. The fourth-order valence-electron chi connectivity index (χ4n) is 2.15. The second-order valence-corrected chi connectivity index (χ2v) is 4.81. The molecule has 0 saturated heterocycles. The molecule has 1 heterocycles. The van der Waals surface area contributed by atoms with Gasteiger partial charge in [0, 0.05) is 0 Å². The number of carboxylic acids is 1. The van der Waals surface area contributed by atoms with E-state index in [9.17, 15) is 4.79 Å². The van der Waals surface area contributed by atoms with Crippen molar-refractivity contribution in [2.45, 2.75) is 32.7 Å². The lowest BCUT2D eigenvalue weighted by Crippen LogP contribution is -2.14. The SMILES string of the molecule is CC(C)c1c(C(=O)O)nnn1C(C)c1ccccc1. The highest BCUT2D eigenvalue weighted by atomic mass is 16.4. The number of benzene rings is 1. The Morgan fingerprint density at radius 1 is 1.21 bits per heavy atom. The molecule has 5 nitrogen and oxygen atoms in total. The summed E-state index contributed by atoms with van der Waals surface area (Å²) >= 11 is 0. The van der Waals surface area contributed by atoms with Gasteiger partial charge in [-0.1, -0.05) is 49.4 Å². The summed E-state index contributed by atoms with van der Waals surface area (Å²) in [6.07, 6.45) is 0. The van der Waals surface area contributed by atoms with Crippen molar-refractivity contribution in [3.63, 3.8) is 0 Å². The van der Waals surface area contributed by atoms with Crippen LogP contribution in [0.4, 0.5) is 0 Å². The molecule has 2 aromatic rings. The molecule has 0 aliphatic carbocycles. The molecule has 2 rings (SSSR count). The Morgan fingerprint density at radius 3 is 2.37 bits per heavy atom. The van der Waals surface area contributed by atoms with Crippen molar-refractivity contribution in [1.82, 2.24) is 15.0 Å². The number of nitrogens with zero attached hydrogens (tertiary/aromatic N) is 3. The Morgan fingerprint density at radius 2 is 1.84 bits per heavy atom. The predicted molar refractivity (Wildman–Crippen MR) is 71.3 cm³/mol. The second kappa shape index (κ2) is 5.22. The minimum absolute atomic E-state index is 0.0396. The van der Waals surface area contributed by atoms with Crippen LogP contribution >= 0.6 is 0 Å². The van der Waals surface area contributed by atoms with E-state index in [2.05, 4.69) is 10.3 Å². The molecule has 0 bridgehead atoms. The highest BCUT2D eigenvalue weighted by Crippen LogP contribution is 2.24. The summed E-state index contributed by atoms with van der Waals surface area (Å²) in [4.78, 5) is 11.2. The number of aromatic nitrogens is 3. The molecule has 1 aromatic carbocycles. The molecule has 1 unspecified atom stereocenters. The van der Waals surface area contributed by atoms with E-state index in [0.29, 0.717) is 5.69 Å². The first-order valence-electron chi connectivity index (χ1n) is 6.25. The maximum absolute atomic E-state index is 11.2. The van der Waals surface area contributed by atoms with Crippen molar-refractivity contribution in [3.05, 3.63) is 47.3 Å². The average molecular weight is 259 g/mol. The maximum Gasteiger partial charge on any atom is 0.358 e. The zero-order chi connectivity index (χ0) is 14.0. The number of carboxylic acid groups (broad SMARTS) is 1. The van der Waals surface area contributed by atoms with Gasteiger partial charge in [0.15, 0.2) is 5.69 Å². The molecule has 0 radical (unpaired) electrons. The number of carbonyl (C=O) groups is 1. The minimum Gasteiger partial charge on any atom is -0.476 e. The van der Waals surface area contributed by atoms with Crippen LogP contribution in [0.3, 0.4) is 0 Å². The molecule has 0 aliphatic heterocycles. The van der Waals surface area contributed by atoms with Gasteiger partial charge in [-0.05, 0) is 18.4 Å². The molecular weight excluding hydrogens is 242 g/mol. The van der Waals surface area contributed by atoms with Crippen LogP contribution in [-0.2, 0) is 0 Å². The highest BCUT2D eigenvalue weighted by Gasteiger charge is 2.24. The summed E-state index contributed by atoms with van der Waals surface area (Å²) in [5.74, 6) is -0.984. The monoisotopic (exact) mass is 259 g/mol. The molecule has 100 valence electrons. The average Bonchev–Trinajstić information content (AvgIpc) is 2.83. The number of rotatable bonds is 4. The van der Waals surface area contributed by atoms with Crippen LogP contribution in [0.2, 0.25) is 0 Å². The van der Waals surface area contributed by atoms with E-state index < -0.39 is 5.97 Å². The Kier molecular flexibility index (Phi) is 3.64. The van der Waals surface area contributed by atoms with Crippen LogP contribution < -0.4 is 0 Å². The van der Waals surface area contributed by atoms with Crippen LogP contribution in [0.15, 0.2) is 30.3 Å². The zero-order valence-corrected chi connectivity index (χ0v) is 11.2. The van der Waals surface area contributed by atoms with Gasteiger partial charge in [-0.15, -0.1) is 5.10 Å². The molecule has 0 aliphatic rings. The van der Waals surface area contributed by atoms with E-state index in [1.54, 1.807) is 4.68 Å². The van der Waals surface area contributed by atoms with Crippen molar-refractivity contribution in [1.29, 1.82) is 0 Å². The summed E-state index contributed by atoms with van der Waals surface area (Å²) < 4.78 is 1.70. The van der Waals surface area contributed by atoms with Gasteiger partial charge in [-0.2, -0.15) is 0 Å². The van der Waals surface area contributed by atoms with Gasteiger partial charge in [-0.3, -0.25) is 0 Å². The molecular formula is C14H17N3O2. The molecule has 1 N–H and O–H groups in total. The van der Waals surface area contributed by atoms with Gasteiger partial charge in [0.25, 0.3) is 0 Å². The second-order valence-electron chi connectivity index (χ2n) is 4.81. The quantitative estimate of drug-likeness (QED) is 0.916. The van der Waals surface area contributed by atoms with Crippen LogP contribution in [0.1, 0.15) is 54.5 Å². The Balaban J connectivity index is 2.48. The summed E-state index contributed by atoms with van der Waals surface area (Å²) in [7, 11) is 0. The summed E-state index contributed by atoms with van der Waals surface area (Å²) in [5.41, 5.74) is 1.77. The molecule has 0 saturated carbocycles. The van der Waals surface area contributed by atoms with Crippen molar-refractivity contribution in [2.75, 3.05) is 0 Å². The maximum atomic E-state index is 11.2. The van der Waals surface area contributed by atoms with Gasteiger partial charge in [-0.25, -0.2) is 9.48 Å². The van der Waals surface area contributed by atoms with Crippen LogP contribution in [-0.4, -0.2) is 26.1 Å². The van der Waals surface area contributed by atoms with Crippen molar-refractivity contribution < 1.29 is 9.90 Å². The minimum atomic E-state index is -1.03. The van der Waals surface area contributed by atoms with Crippen LogP contribution in [0, 0.1) is 0 Å². The summed E-state index contributed by atoms with van der Waals surface area (Å²) in [6.45, 7) is 5.88. The van der Waals surface area contributed by atoms with E-state index in [-0.39, 0.29) is 17.7 Å². The third-order valence-electron chi connectivity index (χ3n) is 3.13. The van der Waals surface area contributed by atoms with Gasteiger partial charge < -0.3 is 5.11 Å². The third-order valence-corrected chi connectivity index (χ3v) is 3.13. The standard InChI is InChI=1S/C14H17N3O2/c1-9(2)13-12(14(18)19)15-16-17(13)10(3)11-7-5-4-6-8-11/h4-10H,1-3H3,(H,18,19). The molecule has 0 spiro atoms. The lowest BCUT2D eigenvalue weighted by atomic mass is 10.0. The van der Waals surface area contributed by atoms with Crippen LogP contribution in [0.25, 0.3) is 0 Å². The zero-order valence-electron chi connectivity index (χ0n) is 11.2. The molecule has 0 fully saturated rings. The van der Waals surface area contributed by atoms with Crippen LogP contribution in [0.5, 0.6) is 0 Å². The largest absolute Gasteiger partial charge is 0.476 e. The van der Waals surface area contributed by atoms with Gasteiger partial charge >= 0.3 is 5.97 Å². The normalized spacial score (nSPS) is 12.6. The topological polar surface area (TPSA) is 68.0 Å². The molecule has 1 aromatic heterocycles. The van der Waals surface area contributed by atoms with Crippen molar-refractivity contribution in [3.8, 4) is 0 Å². The first-order chi connectivity index (χ1) is 9.02. The third kappa shape index (κ3) is 2.50. The predicted octanol–water partition coefficient (Wildman–Crippen LogP) is 2.71.